The second-order valence-electron chi connectivity index (χ2n) is 5.68. The van der Waals surface area contributed by atoms with Gasteiger partial charge in [0.1, 0.15) is 6.04 Å². The second-order valence-corrected chi connectivity index (χ2v) is 5.68. The molecular formula is C16H20N2O2. The van der Waals surface area contributed by atoms with Crippen molar-refractivity contribution in [1.29, 1.82) is 0 Å². The summed E-state index contributed by atoms with van der Waals surface area (Å²) < 4.78 is 0. The summed E-state index contributed by atoms with van der Waals surface area (Å²) in [5, 5.41) is 3.19. The number of hydrogen-bond donors (Lipinski definition) is 1. The number of carbonyl (C=O) groups excluding carboxylic acids is 2. The van der Waals surface area contributed by atoms with Gasteiger partial charge in [0.05, 0.1) is 6.42 Å². The summed E-state index contributed by atoms with van der Waals surface area (Å²) in [6, 6.07) is 7.91. The average molecular weight is 272 g/mol. The highest BCUT2D eigenvalue weighted by Crippen LogP contribution is 2.32. The molecule has 1 heterocycles. The van der Waals surface area contributed by atoms with Crippen LogP contribution in [0.2, 0.25) is 0 Å². The lowest BCUT2D eigenvalue weighted by Crippen LogP contribution is -2.36. The van der Waals surface area contributed by atoms with E-state index in [1.54, 1.807) is 0 Å². The number of nitrogens with zero attached hydrogens (tertiary/aromatic N) is 1. The first-order chi connectivity index (χ1) is 9.69. The highest BCUT2D eigenvalue weighted by molar-refractivity contribution is 6.07. The van der Waals surface area contributed by atoms with E-state index in [1.807, 2.05) is 12.1 Å². The van der Waals surface area contributed by atoms with Gasteiger partial charge in [0.2, 0.25) is 5.91 Å². The number of aryl methyl sites for hydroxylation is 1. The number of carbonyl (C=O) groups is 2. The van der Waals surface area contributed by atoms with Crippen LogP contribution in [0.4, 0.5) is 5.69 Å². The predicted molar refractivity (Wildman–Crippen MR) is 77.3 cm³/mol. The minimum atomic E-state index is -0.389. The van der Waals surface area contributed by atoms with Crippen LogP contribution in [0.1, 0.15) is 38.2 Å². The molecule has 0 bridgehead atoms. The number of hydrogen-bond acceptors (Lipinski definition) is 3. The molecule has 2 fully saturated rings. The number of imide groups is 1. The Morgan fingerprint density at radius 2 is 1.90 bits per heavy atom. The molecule has 1 aliphatic carbocycles. The zero-order chi connectivity index (χ0) is 14.1. The highest BCUT2D eigenvalue weighted by atomic mass is 16.2. The Balaban J connectivity index is 1.65. The van der Waals surface area contributed by atoms with Crippen molar-refractivity contribution in [1.82, 2.24) is 4.90 Å². The topological polar surface area (TPSA) is 49.4 Å². The van der Waals surface area contributed by atoms with Gasteiger partial charge in [-0.1, -0.05) is 25.5 Å². The first-order valence-electron chi connectivity index (χ1n) is 7.40. The van der Waals surface area contributed by atoms with Gasteiger partial charge in [-0.25, -0.2) is 0 Å². The molecule has 1 aromatic rings. The molecule has 2 amide bonds. The monoisotopic (exact) mass is 272 g/mol. The summed E-state index contributed by atoms with van der Waals surface area (Å²) in [6.45, 7) is 2.15. The van der Waals surface area contributed by atoms with Crippen LogP contribution in [0.25, 0.3) is 0 Å². The largest absolute Gasteiger partial charge is 0.373 e. The predicted octanol–water partition coefficient (Wildman–Crippen LogP) is 2.34. The molecule has 0 aromatic heterocycles. The van der Waals surface area contributed by atoms with Gasteiger partial charge in [0.25, 0.3) is 5.91 Å². The van der Waals surface area contributed by atoms with Crippen molar-refractivity contribution in [2.24, 2.45) is 0 Å². The lowest BCUT2D eigenvalue weighted by atomic mass is 10.1. The fraction of sp³-hybridized carbons (Fsp3) is 0.500. The van der Waals surface area contributed by atoms with E-state index in [4.69, 9.17) is 0 Å². The quantitative estimate of drug-likeness (QED) is 0.837. The van der Waals surface area contributed by atoms with E-state index in [9.17, 15) is 9.59 Å². The van der Waals surface area contributed by atoms with Crippen LogP contribution in [-0.2, 0) is 16.0 Å². The van der Waals surface area contributed by atoms with Crippen LogP contribution in [-0.4, -0.2) is 28.8 Å². The van der Waals surface area contributed by atoms with Crippen molar-refractivity contribution in [3.63, 3.8) is 0 Å². The summed E-state index contributed by atoms with van der Waals surface area (Å²) in [6.07, 6.45) is 4.41. The molecule has 1 atom stereocenters. The van der Waals surface area contributed by atoms with Crippen LogP contribution >= 0.6 is 0 Å². The minimum absolute atomic E-state index is 0.0300. The molecule has 4 heteroatoms. The normalized spacial score (nSPS) is 22.4. The maximum absolute atomic E-state index is 12.2. The van der Waals surface area contributed by atoms with Crippen molar-refractivity contribution in [3.8, 4) is 0 Å². The molecule has 1 N–H and O–H groups in total. The Bertz CT molecular complexity index is 520. The summed E-state index contributed by atoms with van der Waals surface area (Å²) in [7, 11) is 0. The van der Waals surface area contributed by atoms with E-state index in [-0.39, 0.29) is 30.3 Å². The van der Waals surface area contributed by atoms with Crippen LogP contribution in [0.15, 0.2) is 24.3 Å². The number of nitrogens with one attached hydrogen (secondary N) is 1. The molecule has 3 rings (SSSR count). The zero-order valence-electron chi connectivity index (χ0n) is 11.8. The zero-order valence-corrected chi connectivity index (χ0v) is 11.8. The van der Waals surface area contributed by atoms with Crippen molar-refractivity contribution in [3.05, 3.63) is 29.8 Å². The van der Waals surface area contributed by atoms with Gasteiger partial charge in [0, 0.05) is 11.7 Å². The van der Waals surface area contributed by atoms with Crippen molar-refractivity contribution in [2.45, 2.75) is 51.1 Å². The Morgan fingerprint density at radius 1 is 1.20 bits per heavy atom. The Labute approximate surface area is 119 Å². The summed E-state index contributed by atoms with van der Waals surface area (Å²) in [5.41, 5.74) is 2.21. The molecule has 106 valence electrons. The fourth-order valence-corrected chi connectivity index (χ4v) is 2.74. The lowest BCUT2D eigenvalue weighted by molar-refractivity contribution is -0.139. The molecule has 0 spiro atoms. The molecule has 1 saturated heterocycles. The molecular weight excluding hydrogens is 252 g/mol. The van der Waals surface area contributed by atoms with Gasteiger partial charge in [-0.05, 0) is 37.0 Å². The van der Waals surface area contributed by atoms with E-state index in [0.29, 0.717) is 0 Å². The molecule has 1 aliphatic heterocycles. The second kappa shape index (κ2) is 5.27. The first kappa shape index (κ1) is 13.2. The number of amides is 2. The SMILES string of the molecule is CCCc1ccc(NC2CC(=O)N(C3CC3)C2=O)cc1. The summed E-state index contributed by atoms with van der Waals surface area (Å²) in [5.74, 6) is -0.0901. The van der Waals surface area contributed by atoms with Crippen LogP contribution in [0, 0.1) is 0 Å². The van der Waals surface area contributed by atoms with Crippen molar-refractivity contribution >= 4 is 17.5 Å². The van der Waals surface area contributed by atoms with E-state index < -0.39 is 0 Å². The Hall–Kier alpha value is -1.84. The van der Waals surface area contributed by atoms with Crippen LogP contribution < -0.4 is 5.32 Å². The smallest absolute Gasteiger partial charge is 0.252 e. The third-order valence-corrected chi connectivity index (χ3v) is 3.93. The molecule has 1 aromatic carbocycles. The minimum Gasteiger partial charge on any atom is -0.373 e. The number of benzene rings is 1. The molecule has 0 radical (unpaired) electrons. The maximum Gasteiger partial charge on any atom is 0.252 e. The van der Waals surface area contributed by atoms with Crippen molar-refractivity contribution in [2.75, 3.05) is 5.32 Å². The number of rotatable bonds is 5. The number of anilines is 1. The third kappa shape index (κ3) is 2.55. The molecule has 2 aliphatic rings. The summed E-state index contributed by atoms with van der Waals surface area (Å²) in [4.78, 5) is 25.5. The van der Waals surface area contributed by atoms with E-state index in [2.05, 4.69) is 24.4 Å². The third-order valence-electron chi connectivity index (χ3n) is 3.93. The van der Waals surface area contributed by atoms with Gasteiger partial charge in [0.15, 0.2) is 0 Å². The Kier molecular flexibility index (Phi) is 3.47. The highest BCUT2D eigenvalue weighted by Gasteiger charge is 2.45. The van der Waals surface area contributed by atoms with Gasteiger partial charge in [-0.15, -0.1) is 0 Å². The van der Waals surface area contributed by atoms with Crippen LogP contribution in [0.3, 0.4) is 0 Å². The van der Waals surface area contributed by atoms with Gasteiger partial charge in [-0.3, -0.25) is 14.5 Å². The Morgan fingerprint density at radius 3 is 2.50 bits per heavy atom. The summed E-state index contributed by atoms with van der Waals surface area (Å²) >= 11 is 0. The van der Waals surface area contributed by atoms with E-state index >= 15 is 0 Å². The van der Waals surface area contributed by atoms with Gasteiger partial charge < -0.3 is 5.32 Å². The van der Waals surface area contributed by atoms with Gasteiger partial charge in [-0.2, -0.15) is 0 Å². The van der Waals surface area contributed by atoms with E-state index in [1.165, 1.54) is 10.5 Å². The van der Waals surface area contributed by atoms with Gasteiger partial charge >= 0.3 is 0 Å². The van der Waals surface area contributed by atoms with Crippen molar-refractivity contribution < 1.29 is 9.59 Å². The molecule has 4 nitrogen and oxygen atoms in total. The van der Waals surface area contributed by atoms with Crippen LogP contribution in [0.5, 0.6) is 0 Å². The molecule has 20 heavy (non-hydrogen) atoms. The van der Waals surface area contributed by atoms with E-state index in [0.717, 1.165) is 31.4 Å². The molecule has 1 unspecified atom stereocenters. The number of likely N-dealkylation sites (tertiary alicyclic amines) is 1. The fourth-order valence-electron chi connectivity index (χ4n) is 2.74. The lowest BCUT2D eigenvalue weighted by Gasteiger charge is -2.15. The standard InChI is InChI=1S/C16H20N2O2/c1-2-3-11-4-6-12(7-5-11)17-14-10-15(19)18(16(14)20)13-8-9-13/h4-7,13-14,17H,2-3,8-10H2,1H3. The average Bonchev–Trinajstić information content (AvgIpc) is 3.21. The maximum atomic E-state index is 12.2. The first-order valence-corrected chi connectivity index (χ1v) is 7.40. The molecule has 1 saturated carbocycles.